The van der Waals surface area contributed by atoms with Crippen molar-refractivity contribution in [2.24, 2.45) is 0 Å². The van der Waals surface area contributed by atoms with Gasteiger partial charge in [0.2, 0.25) is 11.7 Å². The van der Waals surface area contributed by atoms with Crippen LogP contribution in [0.5, 0.6) is 5.88 Å². The molecule has 1 fully saturated rings. The van der Waals surface area contributed by atoms with E-state index in [-0.39, 0.29) is 12.0 Å². The molecule has 6 rings (SSSR count). The summed E-state index contributed by atoms with van der Waals surface area (Å²) in [6.45, 7) is 0.525. The van der Waals surface area contributed by atoms with E-state index in [2.05, 4.69) is 31.5 Å². The van der Waals surface area contributed by atoms with Crippen LogP contribution < -0.4 is 4.74 Å². The Balaban J connectivity index is 1.35. The quantitative estimate of drug-likeness (QED) is 0.363. The van der Waals surface area contributed by atoms with E-state index in [1.54, 1.807) is 23.9 Å². The first kappa shape index (κ1) is 20.3. The maximum atomic E-state index is 9.39. The third-order valence-corrected chi connectivity index (χ3v) is 6.00. The lowest BCUT2D eigenvalue weighted by molar-refractivity contribution is 0.156. The minimum absolute atomic E-state index is 0.224. The van der Waals surface area contributed by atoms with Gasteiger partial charge in [0.15, 0.2) is 17.1 Å². The molecule has 0 atom stereocenters. The fourth-order valence-corrected chi connectivity index (χ4v) is 3.97. The zero-order chi connectivity index (χ0) is 23.1. The smallest absolute Gasteiger partial charge is 0.240 e. The second-order valence-corrected chi connectivity index (χ2v) is 8.24. The average molecular weight is 453 g/mol. The first-order valence-electron chi connectivity index (χ1n) is 10.8. The Morgan fingerprint density at radius 3 is 2.71 bits per heavy atom. The molecule has 10 nitrogen and oxygen atoms in total. The van der Waals surface area contributed by atoms with Gasteiger partial charge in [-0.15, -0.1) is 15.3 Å². The molecule has 0 saturated heterocycles. The van der Waals surface area contributed by atoms with Crippen molar-refractivity contribution >= 4 is 16.4 Å². The van der Waals surface area contributed by atoms with Crippen LogP contribution in [-0.2, 0) is 23.4 Å². The minimum Gasteiger partial charge on any atom is -0.470 e. The number of hydrogen-bond acceptors (Lipinski definition) is 9. The van der Waals surface area contributed by atoms with E-state index in [1.807, 2.05) is 36.4 Å². The molecular formula is C24H19N7O3. The summed E-state index contributed by atoms with van der Waals surface area (Å²) in [7, 11) is 1.59. The first-order chi connectivity index (χ1) is 16.7. The third-order valence-electron chi connectivity index (χ3n) is 6.00. The van der Waals surface area contributed by atoms with Crippen molar-refractivity contribution in [3.63, 3.8) is 0 Å². The molecular weight excluding hydrogens is 434 g/mol. The second-order valence-electron chi connectivity index (χ2n) is 8.24. The number of rotatable bonds is 7. The Hall–Kier alpha value is -4.36. The summed E-state index contributed by atoms with van der Waals surface area (Å²) in [5.41, 5.74) is 2.43. The summed E-state index contributed by atoms with van der Waals surface area (Å²) < 4.78 is 18.1. The van der Waals surface area contributed by atoms with Gasteiger partial charge in [-0.1, -0.05) is 29.4 Å². The lowest BCUT2D eigenvalue weighted by atomic mass is 10.00. The van der Waals surface area contributed by atoms with Gasteiger partial charge in [0.25, 0.3) is 0 Å². The molecule has 5 aromatic rings. The highest BCUT2D eigenvalue weighted by Gasteiger charge is 2.45. The Labute approximate surface area is 193 Å². The highest BCUT2D eigenvalue weighted by Crippen LogP contribution is 2.47. The molecule has 0 unspecified atom stereocenters. The maximum absolute atomic E-state index is 9.39. The highest BCUT2D eigenvalue weighted by atomic mass is 16.5. The summed E-state index contributed by atoms with van der Waals surface area (Å²) in [5, 5.41) is 28.4. The SMILES string of the molecule is COCc1cc(-c2nnc3c4ccccc4c(OCc4ccc(C5(C#N)CC5)cn4)nn23)no1. The average Bonchev–Trinajstić information content (AvgIpc) is 3.34. The monoisotopic (exact) mass is 453 g/mol. The van der Waals surface area contributed by atoms with Crippen molar-refractivity contribution in [2.75, 3.05) is 7.11 Å². The molecule has 0 amide bonds. The number of aromatic nitrogens is 6. The predicted molar refractivity (Wildman–Crippen MR) is 120 cm³/mol. The molecule has 0 radical (unpaired) electrons. The largest absolute Gasteiger partial charge is 0.470 e. The molecule has 4 heterocycles. The zero-order valence-electron chi connectivity index (χ0n) is 18.3. The summed E-state index contributed by atoms with van der Waals surface area (Å²) in [6, 6.07) is 15.7. The van der Waals surface area contributed by atoms with E-state index in [9.17, 15) is 5.26 Å². The third kappa shape index (κ3) is 3.34. The number of fused-ring (bicyclic) bond motifs is 3. The second kappa shape index (κ2) is 7.90. The van der Waals surface area contributed by atoms with Gasteiger partial charge in [-0.25, -0.2) is 0 Å². The van der Waals surface area contributed by atoms with Crippen LogP contribution in [0.25, 0.3) is 27.9 Å². The van der Waals surface area contributed by atoms with E-state index in [1.165, 1.54) is 0 Å². The standard InChI is InChI=1S/C24H19N7O3/c1-32-13-17-10-20(30-34-17)22-28-27-21-18-4-2-3-5-19(18)23(29-31(21)22)33-12-16-7-6-15(11-26-16)24(14-25)8-9-24/h2-7,10-11H,8-9,12-13H2,1H3. The fourth-order valence-electron chi connectivity index (χ4n) is 3.97. The van der Waals surface area contributed by atoms with Crippen molar-refractivity contribution < 1.29 is 14.0 Å². The van der Waals surface area contributed by atoms with Crippen molar-refractivity contribution in [3.05, 3.63) is 65.7 Å². The molecule has 1 aliphatic carbocycles. The van der Waals surface area contributed by atoms with Gasteiger partial charge in [0.05, 0.1) is 17.2 Å². The zero-order valence-corrected chi connectivity index (χ0v) is 18.3. The van der Waals surface area contributed by atoms with Crippen LogP contribution in [0.1, 0.15) is 29.9 Å². The van der Waals surface area contributed by atoms with E-state index in [4.69, 9.17) is 14.0 Å². The van der Waals surface area contributed by atoms with Gasteiger partial charge in [0.1, 0.15) is 13.2 Å². The summed E-state index contributed by atoms with van der Waals surface area (Å²) >= 11 is 0. The molecule has 168 valence electrons. The molecule has 0 bridgehead atoms. The van der Waals surface area contributed by atoms with Gasteiger partial charge in [0, 0.05) is 30.1 Å². The molecule has 1 saturated carbocycles. The lowest BCUT2D eigenvalue weighted by Gasteiger charge is -2.10. The van der Waals surface area contributed by atoms with Crippen LogP contribution in [0.15, 0.2) is 53.2 Å². The summed E-state index contributed by atoms with van der Waals surface area (Å²) in [4.78, 5) is 4.50. The van der Waals surface area contributed by atoms with Gasteiger partial charge in [-0.05, 0) is 30.5 Å². The van der Waals surface area contributed by atoms with Crippen LogP contribution in [0.3, 0.4) is 0 Å². The first-order valence-corrected chi connectivity index (χ1v) is 10.8. The van der Waals surface area contributed by atoms with Gasteiger partial charge in [-0.2, -0.15) is 9.78 Å². The van der Waals surface area contributed by atoms with Crippen molar-refractivity contribution in [3.8, 4) is 23.5 Å². The highest BCUT2D eigenvalue weighted by molar-refractivity contribution is 5.96. The van der Waals surface area contributed by atoms with E-state index < -0.39 is 0 Å². The molecule has 0 spiro atoms. The summed E-state index contributed by atoms with van der Waals surface area (Å²) in [6.07, 6.45) is 3.54. The lowest BCUT2D eigenvalue weighted by Crippen LogP contribution is -2.06. The fraction of sp³-hybridized carbons (Fsp3) is 0.250. The van der Waals surface area contributed by atoms with Crippen molar-refractivity contribution in [1.29, 1.82) is 5.26 Å². The molecule has 34 heavy (non-hydrogen) atoms. The molecule has 4 aromatic heterocycles. The van der Waals surface area contributed by atoms with Gasteiger partial charge in [-0.3, -0.25) is 4.98 Å². The molecule has 1 aliphatic rings. The molecule has 1 aromatic carbocycles. The van der Waals surface area contributed by atoms with Crippen molar-refractivity contribution in [1.82, 2.24) is 30.0 Å². The number of nitriles is 1. The van der Waals surface area contributed by atoms with Gasteiger partial charge >= 0.3 is 0 Å². The number of ether oxygens (including phenoxy) is 2. The summed E-state index contributed by atoms with van der Waals surface area (Å²) in [5.74, 6) is 1.43. The van der Waals surface area contributed by atoms with E-state index >= 15 is 0 Å². The molecule has 0 N–H and O–H groups in total. The predicted octanol–water partition coefficient (Wildman–Crippen LogP) is 3.61. The van der Waals surface area contributed by atoms with Crippen LogP contribution >= 0.6 is 0 Å². The normalized spacial score (nSPS) is 14.4. The van der Waals surface area contributed by atoms with Crippen molar-refractivity contribution in [2.45, 2.75) is 31.5 Å². The number of benzene rings is 1. The van der Waals surface area contributed by atoms with Crippen LogP contribution in [-0.4, -0.2) is 37.1 Å². The minimum atomic E-state index is -0.357. The Morgan fingerprint density at radius 1 is 1.12 bits per heavy atom. The Bertz CT molecular complexity index is 1540. The molecule has 10 heteroatoms. The molecule has 0 aliphatic heterocycles. The van der Waals surface area contributed by atoms with E-state index in [0.717, 1.165) is 34.9 Å². The number of hydrogen-bond donors (Lipinski definition) is 0. The van der Waals surface area contributed by atoms with E-state index in [0.29, 0.717) is 35.4 Å². The van der Waals surface area contributed by atoms with Crippen LogP contribution in [0.2, 0.25) is 0 Å². The number of pyridine rings is 1. The number of nitrogens with zero attached hydrogens (tertiary/aromatic N) is 7. The topological polar surface area (TPSA) is 124 Å². The van der Waals surface area contributed by atoms with Crippen LogP contribution in [0, 0.1) is 11.3 Å². The Morgan fingerprint density at radius 2 is 1.97 bits per heavy atom. The van der Waals surface area contributed by atoms with Crippen LogP contribution in [0.4, 0.5) is 0 Å². The Kier molecular flexibility index (Phi) is 4.71. The maximum Gasteiger partial charge on any atom is 0.240 e. The van der Waals surface area contributed by atoms with Gasteiger partial charge < -0.3 is 14.0 Å². The number of methoxy groups -OCH3 is 1.